The lowest BCUT2D eigenvalue weighted by atomic mass is 10.3. The van der Waals surface area contributed by atoms with Gasteiger partial charge in [0.15, 0.2) is 0 Å². The molecule has 1 aliphatic heterocycles. The van der Waals surface area contributed by atoms with E-state index in [1.54, 1.807) is 7.11 Å². The fourth-order valence-electron chi connectivity index (χ4n) is 1.96. The van der Waals surface area contributed by atoms with E-state index in [4.69, 9.17) is 14.2 Å². The van der Waals surface area contributed by atoms with Crippen molar-refractivity contribution in [2.45, 2.75) is 12.5 Å². The van der Waals surface area contributed by atoms with Gasteiger partial charge in [-0.05, 0) is 13.0 Å². The van der Waals surface area contributed by atoms with Crippen LogP contribution >= 0.6 is 0 Å². The Labute approximate surface area is 116 Å². The van der Waals surface area contributed by atoms with Gasteiger partial charge in [0, 0.05) is 39.9 Å². The summed E-state index contributed by atoms with van der Waals surface area (Å²) in [5.74, 6) is 0. The van der Waals surface area contributed by atoms with Crippen molar-refractivity contribution in [1.29, 1.82) is 0 Å². The van der Waals surface area contributed by atoms with Gasteiger partial charge in [0.05, 0.1) is 32.5 Å². The molecule has 6 heteroatoms. The lowest BCUT2D eigenvalue weighted by molar-refractivity contribution is 0.0148. The molecule has 0 spiro atoms. The van der Waals surface area contributed by atoms with E-state index < -0.39 is 0 Å². The lowest BCUT2D eigenvalue weighted by Gasteiger charge is -2.28. The molecule has 1 fully saturated rings. The maximum Gasteiger partial charge on any atom is 0.0791 e. The van der Waals surface area contributed by atoms with Gasteiger partial charge in [-0.2, -0.15) is 0 Å². The molecule has 0 aromatic heterocycles. The molecule has 1 atom stereocenters. The molecule has 0 bridgehead atoms. The Morgan fingerprint density at radius 1 is 1.26 bits per heavy atom. The van der Waals surface area contributed by atoms with Crippen molar-refractivity contribution in [2.75, 3.05) is 72.9 Å². The summed E-state index contributed by atoms with van der Waals surface area (Å²) in [7, 11) is 1.67. The van der Waals surface area contributed by atoms with Gasteiger partial charge in [-0.3, -0.25) is 4.90 Å². The van der Waals surface area contributed by atoms with Crippen LogP contribution in [-0.4, -0.2) is 89.0 Å². The number of hydrogen-bond acceptors (Lipinski definition) is 6. The monoisotopic (exact) mass is 276 g/mol. The Balaban J connectivity index is 1.85. The Hall–Kier alpha value is -0.240. The molecule has 114 valence electrons. The third kappa shape index (κ3) is 9.32. The number of ether oxygens (including phenoxy) is 3. The van der Waals surface area contributed by atoms with E-state index in [-0.39, 0.29) is 6.10 Å². The summed E-state index contributed by atoms with van der Waals surface area (Å²) in [4.78, 5) is 2.24. The zero-order valence-electron chi connectivity index (χ0n) is 12.0. The number of methoxy groups -OCH3 is 1. The highest BCUT2D eigenvalue weighted by Crippen LogP contribution is 1.98. The molecule has 0 aliphatic carbocycles. The van der Waals surface area contributed by atoms with E-state index in [1.807, 2.05) is 0 Å². The van der Waals surface area contributed by atoms with Gasteiger partial charge in [-0.15, -0.1) is 0 Å². The quantitative estimate of drug-likeness (QED) is 0.488. The molecule has 0 radical (unpaired) electrons. The number of morpholine rings is 1. The Bertz CT molecular complexity index is 201. The molecule has 1 heterocycles. The molecule has 1 unspecified atom stereocenters. The van der Waals surface area contributed by atoms with E-state index in [9.17, 15) is 5.11 Å². The predicted molar refractivity (Wildman–Crippen MR) is 73.4 cm³/mol. The first kappa shape index (κ1) is 16.8. The van der Waals surface area contributed by atoms with E-state index in [0.29, 0.717) is 19.8 Å². The fourth-order valence-corrected chi connectivity index (χ4v) is 1.96. The van der Waals surface area contributed by atoms with Crippen molar-refractivity contribution in [3.63, 3.8) is 0 Å². The number of nitrogens with one attached hydrogen (secondary N) is 1. The van der Waals surface area contributed by atoms with Crippen LogP contribution in [0.2, 0.25) is 0 Å². The van der Waals surface area contributed by atoms with Crippen molar-refractivity contribution in [3.05, 3.63) is 0 Å². The number of aliphatic hydroxyl groups is 1. The zero-order chi connectivity index (χ0) is 13.8. The van der Waals surface area contributed by atoms with E-state index in [1.165, 1.54) is 0 Å². The molecule has 1 saturated heterocycles. The molecule has 1 rings (SSSR count). The Kier molecular flexibility index (Phi) is 10.2. The van der Waals surface area contributed by atoms with Gasteiger partial charge in [0.25, 0.3) is 0 Å². The lowest BCUT2D eigenvalue weighted by Crippen LogP contribution is -2.43. The minimum atomic E-state index is -0.312. The third-order valence-electron chi connectivity index (χ3n) is 3.03. The maximum absolute atomic E-state index is 9.88. The van der Waals surface area contributed by atoms with Gasteiger partial charge in [0.2, 0.25) is 0 Å². The van der Waals surface area contributed by atoms with E-state index in [2.05, 4.69) is 10.2 Å². The van der Waals surface area contributed by atoms with Crippen molar-refractivity contribution in [1.82, 2.24) is 10.2 Å². The SMILES string of the molecule is COCCOCCCNCC(O)CN1CCOCC1. The standard InChI is InChI=1S/C13H28N2O4/c1-17-9-10-18-6-2-3-14-11-13(16)12-15-4-7-19-8-5-15/h13-14,16H,2-12H2,1H3. The zero-order valence-corrected chi connectivity index (χ0v) is 12.0. The second-order valence-electron chi connectivity index (χ2n) is 4.73. The number of nitrogens with zero attached hydrogens (tertiary/aromatic N) is 1. The van der Waals surface area contributed by atoms with E-state index in [0.717, 1.165) is 52.4 Å². The smallest absolute Gasteiger partial charge is 0.0791 e. The summed E-state index contributed by atoms with van der Waals surface area (Å²) >= 11 is 0. The topological polar surface area (TPSA) is 63.2 Å². The van der Waals surface area contributed by atoms with Crippen LogP contribution in [0.5, 0.6) is 0 Å². The molecule has 2 N–H and O–H groups in total. The van der Waals surface area contributed by atoms with Gasteiger partial charge in [-0.25, -0.2) is 0 Å². The molecular formula is C13H28N2O4. The molecule has 0 aromatic carbocycles. The summed E-state index contributed by atoms with van der Waals surface area (Å²) in [5.41, 5.74) is 0. The fraction of sp³-hybridized carbons (Fsp3) is 1.00. The predicted octanol–water partition coefficient (Wildman–Crippen LogP) is -0.678. The van der Waals surface area contributed by atoms with Crippen LogP contribution in [-0.2, 0) is 14.2 Å². The first-order valence-corrected chi connectivity index (χ1v) is 7.08. The van der Waals surface area contributed by atoms with Crippen LogP contribution in [0.1, 0.15) is 6.42 Å². The number of hydrogen-bond donors (Lipinski definition) is 2. The largest absolute Gasteiger partial charge is 0.390 e. The van der Waals surface area contributed by atoms with Crippen molar-refractivity contribution in [2.24, 2.45) is 0 Å². The molecule has 1 aliphatic rings. The summed E-state index contributed by atoms with van der Waals surface area (Å²) in [6, 6.07) is 0. The van der Waals surface area contributed by atoms with Crippen LogP contribution in [0.25, 0.3) is 0 Å². The Morgan fingerprint density at radius 3 is 2.79 bits per heavy atom. The highest BCUT2D eigenvalue weighted by atomic mass is 16.5. The highest BCUT2D eigenvalue weighted by molar-refractivity contribution is 4.69. The van der Waals surface area contributed by atoms with Crippen LogP contribution in [0.4, 0.5) is 0 Å². The molecule has 6 nitrogen and oxygen atoms in total. The summed E-state index contributed by atoms with van der Waals surface area (Å²) in [5, 5.41) is 13.1. The van der Waals surface area contributed by atoms with Crippen LogP contribution in [0, 0.1) is 0 Å². The number of aliphatic hydroxyl groups excluding tert-OH is 1. The second kappa shape index (κ2) is 11.6. The maximum atomic E-state index is 9.88. The molecule has 0 aromatic rings. The van der Waals surface area contributed by atoms with Gasteiger partial charge < -0.3 is 24.6 Å². The first-order valence-electron chi connectivity index (χ1n) is 7.08. The van der Waals surface area contributed by atoms with Crippen LogP contribution in [0.15, 0.2) is 0 Å². The van der Waals surface area contributed by atoms with Crippen LogP contribution in [0.3, 0.4) is 0 Å². The normalized spacial score (nSPS) is 18.6. The van der Waals surface area contributed by atoms with Crippen LogP contribution < -0.4 is 5.32 Å². The summed E-state index contributed by atoms with van der Waals surface area (Å²) < 4.78 is 15.5. The molecule has 0 amide bonds. The van der Waals surface area contributed by atoms with Gasteiger partial charge >= 0.3 is 0 Å². The Morgan fingerprint density at radius 2 is 2.05 bits per heavy atom. The molecule has 19 heavy (non-hydrogen) atoms. The minimum absolute atomic E-state index is 0.312. The number of β-amino-alcohol motifs (C(OH)–C–C–N with tert-alkyl or cyclic N) is 1. The van der Waals surface area contributed by atoms with Crippen molar-refractivity contribution in [3.8, 4) is 0 Å². The third-order valence-corrected chi connectivity index (χ3v) is 3.03. The van der Waals surface area contributed by atoms with Gasteiger partial charge in [-0.1, -0.05) is 0 Å². The van der Waals surface area contributed by atoms with Crippen molar-refractivity contribution >= 4 is 0 Å². The number of rotatable bonds is 11. The molecule has 0 saturated carbocycles. The molecular weight excluding hydrogens is 248 g/mol. The summed E-state index contributed by atoms with van der Waals surface area (Å²) in [6.45, 7) is 7.65. The summed E-state index contributed by atoms with van der Waals surface area (Å²) in [6.07, 6.45) is 0.640. The average molecular weight is 276 g/mol. The first-order chi connectivity index (χ1) is 9.33. The van der Waals surface area contributed by atoms with Gasteiger partial charge in [0.1, 0.15) is 0 Å². The highest BCUT2D eigenvalue weighted by Gasteiger charge is 2.14. The average Bonchev–Trinajstić information content (AvgIpc) is 2.43. The second-order valence-corrected chi connectivity index (χ2v) is 4.73. The minimum Gasteiger partial charge on any atom is -0.390 e. The van der Waals surface area contributed by atoms with E-state index >= 15 is 0 Å². The van der Waals surface area contributed by atoms with Crippen molar-refractivity contribution < 1.29 is 19.3 Å².